The summed E-state index contributed by atoms with van der Waals surface area (Å²) in [7, 11) is 0. The van der Waals surface area contributed by atoms with Crippen molar-refractivity contribution in [3.8, 4) is 5.75 Å². The van der Waals surface area contributed by atoms with Gasteiger partial charge in [0.2, 0.25) is 5.75 Å². The van der Waals surface area contributed by atoms with Crippen LogP contribution < -0.4 is 10.3 Å². The summed E-state index contributed by atoms with van der Waals surface area (Å²) in [4.78, 5) is 19.5. The van der Waals surface area contributed by atoms with Crippen LogP contribution in [0.3, 0.4) is 0 Å². The Morgan fingerprint density at radius 2 is 1.91 bits per heavy atom. The molecule has 3 heterocycles. The van der Waals surface area contributed by atoms with Crippen molar-refractivity contribution in [2.45, 2.75) is 58.5 Å². The second kappa shape index (κ2) is 10.3. The first-order valence-electron chi connectivity index (χ1n) is 11.6. The molecule has 4 rings (SSSR count). The van der Waals surface area contributed by atoms with Crippen molar-refractivity contribution in [3.63, 3.8) is 0 Å². The van der Waals surface area contributed by atoms with E-state index in [1.165, 1.54) is 6.20 Å². The van der Waals surface area contributed by atoms with Crippen LogP contribution in [-0.2, 0) is 19.6 Å². The molecule has 2 aromatic rings. The highest BCUT2D eigenvalue weighted by molar-refractivity contribution is 7.96. The fraction of sp³-hybridized carbons (Fsp3) is 0.583. The lowest BCUT2D eigenvalue weighted by molar-refractivity contribution is -0.142. The molecule has 10 heteroatoms. The van der Waals surface area contributed by atoms with E-state index in [0.29, 0.717) is 19.7 Å². The zero-order valence-corrected chi connectivity index (χ0v) is 20.6. The molecule has 1 atom stereocenters. The average Bonchev–Trinajstić information content (AvgIpc) is 3.22. The number of ether oxygens (including phenoxy) is 1. The monoisotopic (exact) mass is 496 g/mol. The molecule has 1 saturated heterocycles. The first-order chi connectivity index (χ1) is 16.1. The van der Waals surface area contributed by atoms with Gasteiger partial charge in [-0.3, -0.25) is 18.6 Å². The number of nitrogens with zero attached hydrogens (tertiary/aromatic N) is 4. The summed E-state index contributed by atoms with van der Waals surface area (Å²) in [6.45, 7) is 5.80. The topological polar surface area (TPSA) is 50.6 Å². The molecule has 0 saturated carbocycles. The van der Waals surface area contributed by atoms with Gasteiger partial charge in [0.15, 0.2) is 0 Å². The highest BCUT2D eigenvalue weighted by atomic mass is 32.2. The SMILES string of the molecule is CSN1CCC(COc2cnc(C(C)N3Cc4ccc(C)cc4C3)n(CC(F)(F)F)c2=O)CC1. The van der Waals surface area contributed by atoms with Gasteiger partial charge in [-0.2, -0.15) is 13.2 Å². The Kier molecular flexibility index (Phi) is 7.59. The van der Waals surface area contributed by atoms with Crippen molar-refractivity contribution in [2.24, 2.45) is 5.92 Å². The van der Waals surface area contributed by atoms with Crippen LogP contribution in [0, 0.1) is 12.8 Å². The van der Waals surface area contributed by atoms with Gasteiger partial charge < -0.3 is 4.74 Å². The first-order valence-corrected chi connectivity index (χ1v) is 12.7. The van der Waals surface area contributed by atoms with Crippen LogP contribution in [0.4, 0.5) is 13.2 Å². The van der Waals surface area contributed by atoms with Crippen molar-refractivity contribution in [1.82, 2.24) is 18.8 Å². The highest BCUT2D eigenvalue weighted by Gasteiger charge is 2.34. The number of rotatable bonds is 7. The van der Waals surface area contributed by atoms with E-state index >= 15 is 0 Å². The van der Waals surface area contributed by atoms with Gasteiger partial charge >= 0.3 is 6.18 Å². The Bertz CT molecular complexity index is 1070. The molecule has 0 bridgehead atoms. The van der Waals surface area contributed by atoms with Gasteiger partial charge in [-0.1, -0.05) is 35.7 Å². The van der Waals surface area contributed by atoms with Crippen LogP contribution in [0.15, 0.2) is 29.2 Å². The third-order valence-electron chi connectivity index (χ3n) is 6.72. The van der Waals surface area contributed by atoms with E-state index in [4.69, 9.17) is 4.74 Å². The van der Waals surface area contributed by atoms with Crippen LogP contribution in [0.5, 0.6) is 5.75 Å². The number of piperidine rings is 1. The van der Waals surface area contributed by atoms with Crippen molar-refractivity contribution < 1.29 is 17.9 Å². The lowest BCUT2D eigenvalue weighted by Gasteiger charge is -2.30. The van der Waals surface area contributed by atoms with Gasteiger partial charge in [0.05, 0.1) is 18.8 Å². The molecule has 1 aromatic heterocycles. The summed E-state index contributed by atoms with van der Waals surface area (Å²) in [5, 5.41) is 0. The number of alkyl halides is 3. The fourth-order valence-corrected chi connectivity index (χ4v) is 5.28. The molecule has 0 N–H and O–H groups in total. The van der Waals surface area contributed by atoms with Gasteiger partial charge in [-0.05, 0) is 50.0 Å². The quantitative estimate of drug-likeness (QED) is 0.524. The highest BCUT2D eigenvalue weighted by Crippen LogP contribution is 2.32. The van der Waals surface area contributed by atoms with E-state index in [9.17, 15) is 18.0 Å². The molecule has 0 aliphatic carbocycles. The molecular weight excluding hydrogens is 465 g/mol. The molecular formula is C24H31F3N4O2S. The lowest BCUT2D eigenvalue weighted by Crippen LogP contribution is -2.36. The van der Waals surface area contributed by atoms with E-state index < -0.39 is 24.3 Å². The maximum atomic E-state index is 13.4. The molecule has 2 aliphatic heterocycles. The van der Waals surface area contributed by atoms with E-state index in [0.717, 1.165) is 47.2 Å². The molecule has 1 aromatic carbocycles. The van der Waals surface area contributed by atoms with E-state index in [1.54, 1.807) is 18.9 Å². The lowest BCUT2D eigenvalue weighted by atomic mass is 9.99. The molecule has 2 aliphatic rings. The Labute approximate surface area is 202 Å². The van der Waals surface area contributed by atoms with Gasteiger partial charge in [-0.25, -0.2) is 4.98 Å². The summed E-state index contributed by atoms with van der Waals surface area (Å²) in [5.74, 6) is 0.254. The average molecular weight is 497 g/mol. The molecule has 34 heavy (non-hydrogen) atoms. The predicted molar refractivity (Wildman–Crippen MR) is 127 cm³/mol. The molecule has 0 radical (unpaired) electrons. The zero-order chi connectivity index (χ0) is 24.5. The van der Waals surface area contributed by atoms with Crippen LogP contribution in [-0.4, -0.2) is 50.9 Å². The smallest absolute Gasteiger partial charge is 0.406 e. The van der Waals surface area contributed by atoms with Crippen LogP contribution in [0.1, 0.15) is 48.3 Å². The second-order valence-corrected chi connectivity index (χ2v) is 10.1. The molecule has 1 fully saturated rings. The maximum Gasteiger partial charge on any atom is 0.406 e. The molecule has 0 amide bonds. The number of benzene rings is 1. The Morgan fingerprint density at radius 3 is 2.59 bits per heavy atom. The fourth-order valence-electron chi connectivity index (χ4n) is 4.70. The minimum atomic E-state index is -4.55. The van der Waals surface area contributed by atoms with Crippen LogP contribution >= 0.6 is 11.9 Å². The van der Waals surface area contributed by atoms with Crippen LogP contribution in [0.25, 0.3) is 0 Å². The number of aromatic nitrogens is 2. The largest absolute Gasteiger partial charge is 0.486 e. The van der Waals surface area contributed by atoms with E-state index in [1.807, 2.05) is 30.2 Å². The predicted octanol–water partition coefficient (Wildman–Crippen LogP) is 4.56. The number of fused-ring (bicyclic) bond motifs is 1. The Balaban J connectivity index is 1.53. The Hall–Kier alpha value is -2.04. The van der Waals surface area contributed by atoms with Gasteiger partial charge in [0, 0.05) is 26.2 Å². The summed E-state index contributed by atoms with van der Waals surface area (Å²) in [5.41, 5.74) is 2.67. The normalized spacial score (nSPS) is 18.8. The van der Waals surface area contributed by atoms with Gasteiger partial charge in [0.1, 0.15) is 12.4 Å². The van der Waals surface area contributed by atoms with Crippen molar-refractivity contribution in [2.75, 3.05) is 26.0 Å². The van der Waals surface area contributed by atoms with Crippen molar-refractivity contribution in [3.05, 3.63) is 57.3 Å². The number of hydrogen-bond acceptors (Lipinski definition) is 6. The summed E-state index contributed by atoms with van der Waals surface area (Å²) >= 11 is 1.70. The number of hydrogen-bond donors (Lipinski definition) is 0. The van der Waals surface area contributed by atoms with Gasteiger partial charge in [-0.15, -0.1) is 0 Å². The molecule has 1 unspecified atom stereocenters. The van der Waals surface area contributed by atoms with Crippen LogP contribution in [0.2, 0.25) is 0 Å². The minimum Gasteiger partial charge on any atom is -0.486 e. The summed E-state index contributed by atoms with van der Waals surface area (Å²) in [6.07, 6.45) is 0.639. The number of halogens is 3. The third kappa shape index (κ3) is 5.78. The van der Waals surface area contributed by atoms with Crippen molar-refractivity contribution >= 4 is 11.9 Å². The van der Waals surface area contributed by atoms with E-state index in [2.05, 4.69) is 15.4 Å². The molecule has 0 spiro atoms. The molecule has 186 valence electrons. The maximum absolute atomic E-state index is 13.4. The van der Waals surface area contributed by atoms with Gasteiger partial charge in [0.25, 0.3) is 5.56 Å². The summed E-state index contributed by atoms with van der Waals surface area (Å²) < 4.78 is 49.0. The summed E-state index contributed by atoms with van der Waals surface area (Å²) in [6, 6.07) is 5.71. The Morgan fingerprint density at radius 1 is 1.21 bits per heavy atom. The van der Waals surface area contributed by atoms with E-state index in [-0.39, 0.29) is 17.5 Å². The first kappa shape index (κ1) is 25.1. The second-order valence-electron chi connectivity index (χ2n) is 9.21. The van der Waals surface area contributed by atoms with Crippen molar-refractivity contribution in [1.29, 1.82) is 0 Å². The molecule has 6 nitrogen and oxygen atoms in total. The standard InChI is InChI=1S/C24H31F3N4O2S/c1-16-4-5-19-12-29(13-20(19)10-16)17(2)22-28-11-21(23(32)31(22)15-24(25,26)27)33-14-18-6-8-30(34-3)9-7-18/h4-5,10-11,17-18H,6-9,12-15H2,1-3H3. The zero-order valence-electron chi connectivity index (χ0n) is 19.8. The number of aryl methyl sites for hydroxylation is 1. The minimum absolute atomic E-state index is 0.104. The third-order valence-corrected chi connectivity index (χ3v) is 7.60.